The Balaban J connectivity index is 1.95. The maximum absolute atomic E-state index is 11.5. The SMILES string of the molecule is C=CC(=O)N1CCC(Cc2cc(OC)ccc2O)CC1. The summed E-state index contributed by atoms with van der Waals surface area (Å²) < 4.78 is 5.19. The number of hydrogen-bond donors (Lipinski definition) is 1. The minimum atomic E-state index is 0.00711. The van der Waals surface area contributed by atoms with Crippen LogP contribution in [0.5, 0.6) is 11.5 Å². The Kier molecular flexibility index (Phi) is 4.66. The Morgan fingerprint density at radius 3 is 2.80 bits per heavy atom. The second-order valence-corrected chi connectivity index (χ2v) is 5.17. The Hall–Kier alpha value is -1.97. The summed E-state index contributed by atoms with van der Waals surface area (Å²) in [6.07, 6.45) is 4.10. The van der Waals surface area contributed by atoms with Crippen LogP contribution in [0.2, 0.25) is 0 Å². The van der Waals surface area contributed by atoms with Crippen LogP contribution in [0.25, 0.3) is 0 Å². The van der Waals surface area contributed by atoms with E-state index >= 15 is 0 Å². The number of rotatable bonds is 4. The molecule has 1 aliphatic rings. The normalized spacial score (nSPS) is 15.9. The quantitative estimate of drug-likeness (QED) is 0.858. The molecule has 0 spiro atoms. The predicted octanol–water partition coefficient (Wildman–Crippen LogP) is 2.37. The van der Waals surface area contributed by atoms with Crippen LogP contribution >= 0.6 is 0 Å². The van der Waals surface area contributed by atoms with E-state index in [4.69, 9.17) is 4.74 Å². The van der Waals surface area contributed by atoms with Crippen LogP contribution in [0.1, 0.15) is 18.4 Å². The van der Waals surface area contributed by atoms with Crippen molar-refractivity contribution in [3.63, 3.8) is 0 Å². The first kappa shape index (κ1) is 14.4. The largest absolute Gasteiger partial charge is 0.508 e. The third kappa shape index (κ3) is 3.32. The van der Waals surface area contributed by atoms with Gasteiger partial charge in [-0.2, -0.15) is 0 Å². The van der Waals surface area contributed by atoms with Gasteiger partial charge in [0, 0.05) is 13.1 Å². The summed E-state index contributed by atoms with van der Waals surface area (Å²) in [7, 11) is 1.62. The van der Waals surface area contributed by atoms with Gasteiger partial charge in [-0.25, -0.2) is 0 Å². The molecule has 1 heterocycles. The van der Waals surface area contributed by atoms with Gasteiger partial charge >= 0.3 is 0 Å². The molecule has 1 aromatic carbocycles. The highest BCUT2D eigenvalue weighted by molar-refractivity contribution is 5.87. The summed E-state index contributed by atoms with van der Waals surface area (Å²) in [6, 6.07) is 5.31. The maximum Gasteiger partial charge on any atom is 0.245 e. The van der Waals surface area contributed by atoms with Gasteiger partial charge in [0.15, 0.2) is 0 Å². The third-order valence-corrected chi connectivity index (χ3v) is 3.90. The standard InChI is InChI=1S/C16H21NO3/c1-3-16(19)17-8-6-12(7-9-17)10-13-11-14(20-2)4-5-15(13)18/h3-5,11-12,18H,1,6-10H2,2H3. The first-order valence-electron chi connectivity index (χ1n) is 6.91. The lowest BCUT2D eigenvalue weighted by Gasteiger charge is -2.31. The summed E-state index contributed by atoms with van der Waals surface area (Å²) in [6.45, 7) is 5.04. The summed E-state index contributed by atoms with van der Waals surface area (Å²) >= 11 is 0. The number of methoxy groups -OCH3 is 1. The van der Waals surface area contributed by atoms with E-state index in [1.807, 2.05) is 11.0 Å². The number of ether oxygens (including phenoxy) is 1. The molecule has 0 unspecified atom stereocenters. The molecule has 0 radical (unpaired) electrons. The Morgan fingerprint density at radius 2 is 2.20 bits per heavy atom. The molecule has 108 valence electrons. The van der Waals surface area contributed by atoms with Crippen molar-refractivity contribution in [3.8, 4) is 11.5 Å². The predicted molar refractivity (Wildman–Crippen MR) is 77.9 cm³/mol. The van der Waals surface area contributed by atoms with E-state index in [0.717, 1.165) is 43.7 Å². The van der Waals surface area contributed by atoms with Gasteiger partial charge in [0.2, 0.25) is 5.91 Å². The molecule has 1 aliphatic heterocycles. The molecule has 1 aromatic rings. The van der Waals surface area contributed by atoms with E-state index in [1.54, 1.807) is 19.2 Å². The molecule has 1 saturated heterocycles. The number of phenols is 1. The van der Waals surface area contributed by atoms with Crippen LogP contribution in [0.3, 0.4) is 0 Å². The molecule has 1 amide bonds. The maximum atomic E-state index is 11.5. The Morgan fingerprint density at radius 1 is 1.50 bits per heavy atom. The summed E-state index contributed by atoms with van der Waals surface area (Å²) in [5, 5.41) is 9.91. The van der Waals surface area contributed by atoms with E-state index < -0.39 is 0 Å². The molecule has 1 fully saturated rings. The molecular formula is C16H21NO3. The van der Waals surface area contributed by atoms with E-state index in [1.165, 1.54) is 6.08 Å². The second-order valence-electron chi connectivity index (χ2n) is 5.17. The van der Waals surface area contributed by atoms with E-state index in [-0.39, 0.29) is 5.91 Å². The zero-order valence-electron chi connectivity index (χ0n) is 11.8. The monoisotopic (exact) mass is 275 g/mol. The van der Waals surface area contributed by atoms with Gasteiger partial charge < -0.3 is 14.7 Å². The van der Waals surface area contributed by atoms with Gasteiger partial charge in [0.1, 0.15) is 11.5 Å². The molecule has 0 aliphatic carbocycles. The average molecular weight is 275 g/mol. The fourth-order valence-corrected chi connectivity index (χ4v) is 2.65. The summed E-state index contributed by atoms with van der Waals surface area (Å²) in [5.74, 6) is 1.57. The molecule has 2 rings (SSSR count). The van der Waals surface area contributed by atoms with Crippen LogP contribution < -0.4 is 4.74 Å². The van der Waals surface area contributed by atoms with Gasteiger partial charge in [-0.3, -0.25) is 4.79 Å². The number of nitrogens with zero attached hydrogens (tertiary/aromatic N) is 1. The molecule has 20 heavy (non-hydrogen) atoms. The zero-order chi connectivity index (χ0) is 14.5. The van der Waals surface area contributed by atoms with Crippen LogP contribution in [0.4, 0.5) is 0 Å². The zero-order valence-corrected chi connectivity index (χ0v) is 11.8. The molecule has 4 nitrogen and oxygen atoms in total. The third-order valence-electron chi connectivity index (χ3n) is 3.90. The molecule has 0 saturated carbocycles. The summed E-state index contributed by atoms with van der Waals surface area (Å²) in [5.41, 5.74) is 0.915. The number of carbonyl (C=O) groups excluding carboxylic acids is 1. The second kappa shape index (κ2) is 6.46. The van der Waals surface area contributed by atoms with E-state index in [9.17, 15) is 9.90 Å². The van der Waals surface area contributed by atoms with Crippen molar-refractivity contribution < 1.29 is 14.6 Å². The molecule has 0 aromatic heterocycles. The van der Waals surface area contributed by atoms with Crippen molar-refractivity contribution in [1.82, 2.24) is 4.90 Å². The van der Waals surface area contributed by atoms with Crippen molar-refractivity contribution in [2.24, 2.45) is 5.92 Å². The first-order chi connectivity index (χ1) is 9.63. The van der Waals surface area contributed by atoms with Crippen molar-refractivity contribution in [1.29, 1.82) is 0 Å². The Labute approximate surface area is 119 Å². The Bertz CT molecular complexity index is 490. The van der Waals surface area contributed by atoms with E-state index in [2.05, 4.69) is 6.58 Å². The fourth-order valence-electron chi connectivity index (χ4n) is 2.65. The number of amides is 1. The number of aromatic hydroxyl groups is 1. The van der Waals surface area contributed by atoms with Crippen LogP contribution in [-0.4, -0.2) is 36.1 Å². The van der Waals surface area contributed by atoms with Crippen LogP contribution in [-0.2, 0) is 11.2 Å². The molecule has 0 bridgehead atoms. The number of phenolic OH excluding ortho intramolecular Hbond substituents is 1. The van der Waals surface area contributed by atoms with E-state index in [0.29, 0.717) is 11.7 Å². The lowest BCUT2D eigenvalue weighted by Crippen LogP contribution is -2.37. The topological polar surface area (TPSA) is 49.8 Å². The van der Waals surface area contributed by atoms with Gasteiger partial charge in [-0.15, -0.1) is 0 Å². The van der Waals surface area contributed by atoms with Gasteiger partial charge in [-0.1, -0.05) is 6.58 Å². The average Bonchev–Trinajstić information content (AvgIpc) is 2.49. The lowest BCUT2D eigenvalue weighted by molar-refractivity contribution is -0.127. The van der Waals surface area contributed by atoms with Crippen LogP contribution in [0.15, 0.2) is 30.9 Å². The van der Waals surface area contributed by atoms with Gasteiger partial charge in [0.05, 0.1) is 7.11 Å². The molecule has 4 heteroatoms. The van der Waals surface area contributed by atoms with Crippen molar-refractivity contribution in [2.75, 3.05) is 20.2 Å². The van der Waals surface area contributed by atoms with Gasteiger partial charge in [-0.05, 0) is 55.0 Å². The highest BCUT2D eigenvalue weighted by atomic mass is 16.5. The van der Waals surface area contributed by atoms with Gasteiger partial charge in [0.25, 0.3) is 0 Å². The number of carbonyl (C=O) groups is 1. The highest BCUT2D eigenvalue weighted by Gasteiger charge is 2.22. The number of likely N-dealkylation sites (tertiary alicyclic amines) is 1. The number of benzene rings is 1. The van der Waals surface area contributed by atoms with Crippen LogP contribution in [0, 0.1) is 5.92 Å². The minimum Gasteiger partial charge on any atom is -0.508 e. The molecule has 0 atom stereocenters. The number of piperidine rings is 1. The smallest absolute Gasteiger partial charge is 0.245 e. The number of hydrogen-bond acceptors (Lipinski definition) is 3. The van der Waals surface area contributed by atoms with Crippen molar-refractivity contribution >= 4 is 5.91 Å². The lowest BCUT2D eigenvalue weighted by atomic mass is 9.89. The summed E-state index contributed by atoms with van der Waals surface area (Å²) in [4.78, 5) is 13.3. The van der Waals surface area contributed by atoms with Crippen molar-refractivity contribution in [3.05, 3.63) is 36.4 Å². The molecular weight excluding hydrogens is 254 g/mol. The minimum absolute atomic E-state index is 0.00711. The molecule has 1 N–H and O–H groups in total. The fraction of sp³-hybridized carbons (Fsp3) is 0.438. The first-order valence-corrected chi connectivity index (χ1v) is 6.91. The highest BCUT2D eigenvalue weighted by Crippen LogP contribution is 2.29. The van der Waals surface area contributed by atoms with Crippen molar-refractivity contribution in [2.45, 2.75) is 19.3 Å².